The van der Waals surface area contributed by atoms with Crippen LogP contribution in [0.25, 0.3) is 0 Å². The van der Waals surface area contributed by atoms with E-state index in [2.05, 4.69) is 11.6 Å². The second-order valence-electron chi connectivity index (χ2n) is 5.42. The predicted octanol–water partition coefficient (Wildman–Crippen LogP) is 0.579. The van der Waals surface area contributed by atoms with Crippen LogP contribution < -0.4 is 0 Å². The lowest BCUT2D eigenvalue weighted by molar-refractivity contribution is -0.163. The highest BCUT2D eigenvalue weighted by Gasteiger charge is 2.72. The normalized spacial score (nSPS) is 32.2. The van der Waals surface area contributed by atoms with Crippen LogP contribution in [0, 0.1) is 5.92 Å². The van der Waals surface area contributed by atoms with Crippen molar-refractivity contribution in [3.63, 3.8) is 0 Å². The number of carbonyl (C=O) groups is 2. The van der Waals surface area contributed by atoms with Crippen LogP contribution in [-0.2, 0) is 15.3 Å². The van der Waals surface area contributed by atoms with Gasteiger partial charge in [0.1, 0.15) is 12.5 Å². The molecule has 0 saturated heterocycles. The Balaban J connectivity index is 2.14. The van der Waals surface area contributed by atoms with Crippen LogP contribution in [0.4, 0.5) is 0 Å². The third-order valence-corrected chi connectivity index (χ3v) is 4.18. The third-order valence-electron chi connectivity index (χ3n) is 4.18. The van der Waals surface area contributed by atoms with Gasteiger partial charge in [-0.2, -0.15) is 0 Å². The summed E-state index contributed by atoms with van der Waals surface area (Å²) in [5.41, 5.74) is -4.03. The van der Waals surface area contributed by atoms with Gasteiger partial charge in [0.05, 0.1) is 0 Å². The van der Waals surface area contributed by atoms with Gasteiger partial charge in [-0.05, 0) is 6.92 Å². The maximum absolute atomic E-state index is 12.6. The van der Waals surface area contributed by atoms with Gasteiger partial charge in [-0.3, -0.25) is 14.6 Å². The van der Waals surface area contributed by atoms with E-state index in [-0.39, 0.29) is 23.4 Å². The lowest BCUT2D eigenvalue weighted by Crippen LogP contribution is -2.56. The standard InChI is InChI=1S/C16H15NO5/c1-3-8-22-14(19)12-9(2)17-16(21)11-7-5-4-6-10(11)13(18)15(12,16)20/h3-7,12,20-21H,1,8H2,2H3/t12?,15-,16-/m0/s1. The summed E-state index contributed by atoms with van der Waals surface area (Å²) in [6, 6.07) is 6.25. The fourth-order valence-electron chi connectivity index (χ4n) is 3.22. The van der Waals surface area contributed by atoms with Gasteiger partial charge >= 0.3 is 5.97 Å². The summed E-state index contributed by atoms with van der Waals surface area (Å²) in [4.78, 5) is 28.9. The van der Waals surface area contributed by atoms with Gasteiger partial charge in [-0.1, -0.05) is 36.9 Å². The number of esters is 1. The number of carbonyl (C=O) groups excluding carboxylic acids is 2. The molecule has 0 saturated carbocycles. The van der Waals surface area contributed by atoms with E-state index in [9.17, 15) is 19.8 Å². The van der Waals surface area contributed by atoms with Crippen molar-refractivity contribution in [2.75, 3.05) is 6.61 Å². The molecule has 1 aromatic rings. The smallest absolute Gasteiger partial charge is 0.318 e. The molecule has 1 heterocycles. The molecule has 1 aliphatic heterocycles. The molecule has 1 aromatic carbocycles. The van der Waals surface area contributed by atoms with Crippen LogP contribution in [0.5, 0.6) is 0 Å². The number of ketones is 1. The summed E-state index contributed by atoms with van der Waals surface area (Å²) >= 11 is 0. The first kappa shape index (κ1) is 14.6. The van der Waals surface area contributed by atoms with Gasteiger partial charge in [-0.15, -0.1) is 0 Å². The number of benzene rings is 1. The quantitative estimate of drug-likeness (QED) is 0.629. The minimum Gasteiger partial charge on any atom is -0.461 e. The second-order valence-corrected chi connectivity index (χ2v) is 5.42. The number of aliphatic hydroxyl groups is 2. The molecule has 2 aliphatic rings. The average molecular weight is 301 g/mol. The molecule has 3 atom stereocenters. The van der Waals surface area contributed by atoms with E-state index >= 15 is 0 Å². The summed E-state index contributed by atoms with van der Waals surface area (Å²) in [5, 5.41) is 21.8. The molecule has 0 spiro atoms. The molecule has 0 aromatic heterocycles. The van der Waals surface area contributed by atoms with Crippen LogP contribution in [0.15, 0.2) is 41.9 Å². The summed E-state index contributed by atoms with van der Waals surface area (Å²) in [6.07, 6.45) is 1.38. The Hall–Kier alpha value is -2.31. The largest absolute Gasteiger partial charge is 0.461 e. The van der Waals surface area contributed by atoms with E-state index in [1.54, 1.807) is 12.1 Å². The number of rotatable bonds is 3. The highest BCUT2D eigenvalue weighted by molar-refractivity contribution is 6.18. The minimum atomic E-state index is -2.38. The summed E-state index contributed by atoms with van der Waals surface area (Å²) in [5.74, 6) is -2.90. The highest BCUT2D eigenvalue weighted by atomic mass is 16.5. The minimum absolute atomic E-state index is 0.0573. The zero-order valence-electron chi connectivity index (χ0n) is 11.9. The number of aliphatic imine (C=N–C) groups is 1. The molecule has 0 bridgehead atoms. The van der Waals surface area contributed by atoms with E-state index in [4.69, 9.17) is 4.74 Å². The van der Waals surface area contributed by atoms with Crippen molar-refractivity contribution in [3.05, 3.63) is 48.0 Å². The van der Waals surface area contributed by atoms with Crippen molar-refractivity contribution in [1.82, 2.24) is 0 Å². The van der Waals surface area contributed by atoms with Crippen LogP contribution in [-0.4, -0.2) is 39.9 Å². The molecule has 3 rings (SSSR count). The SMILES string of the molecule is C=CCOC(=O)C1C(C)=N[C@]2(O)c3ccccc3C(=O)[C@@]12O. The van der Waals surface area contributed by atoms with Gasteiger partial charge in [0.25, 0.3) is 0 Å². The maximum atomic E-state index is 12.6. The van der Waals surface area contributed by atoms with Crippen LogP contribution in [0.2, 0.25) is 0 Å². The Morgan fingerprint density at radius 2 is 2.14 bits per heavy atom. The zero-order valence-corrected chi connectivity index (χ0v) is 11.9. The number of nitrogens with zero attached hydrogens (tertiary/aromatic N) is 1. The molecular formula is C16H15NO5. The fraction of sp³-hybridized carbons (Fsp3) is 0.312. The number of Topliss-reactive ketones (excluding diaryl/α,β-unsaturated/α-hetero) is 1. The lowest BCUT2D eigenvalue weighted by Gasteiger charge is -2.31. The van der Waals surface area contributed by atoms with Gasteiger partial charge in [0.15, 0.2) is 5.60 Å². The number of fused-ring (bicyclic) bond motifs is 3. The van der Waals surface area contributed by atoms with Crippen molar-refractivity contribution in [2.24, 2.45) is 10.9 Å². The predicted molar refractivity (Wildman–Crippen MR) is 77.4 cm³/mol. The highest BCUT2D eigenvalue weighted by Crippen LogP contribution is 2.53. The summed E-state index contributed by atoms with van der Waals surface area (Å²) < 4.78 is 4.95. The van der Waals surface area contributed by atoms with Crippen molar-refractivity contribution in [3.8, 4) is 0 Å². The number of hydrogen-bond acceptors (Lipinski definition) is 6. The Morgan fingerprint density at radius 3 is 2.82 bits per heavy atom. The fourth-order valence-corrected chi connectivity index (χ4v) is 3.22. The molecule has 0 radical (unpaired) electrons. The van der Waals surface area contributed by atoms with Crippen molar-refractivity contribution in [2.45, 2.75) is 18.2 Å². The molecule has 114 valence electrons. The topological polar surface area (TPSA) is 96.2 Å². The molecular weight excluding hydrogens is 286 g/mol. The van der Waals surface area contributed by atoms with Gasteiger partial charge in [0, 0.05) is 16.8 Å². The van der Waals surface area contributed by atoms with Gasteiger partial charge in [-0.25, -0.2) is 0 Å². The average Bonchev–Trinajstić information content (AvgIpc) is 2.80. The molecule has 6 nitrogen and oxygen atoms in total. The lowest BCUT2D eigenvalue weighted by atomic mass is 9.79. The molecule has 22 heavy (non-hydrogen) atoms. The van der Waals surface area contributed by atoms with Crippen LogP contribution in [0.1, 0.15) is 22.8 Å². The molecule has 1 unspecified atom stereocenters. The van der Waals surface area contributed by atoms with E-state index in [1.165, 1.54) is 25.1 Å². The maximum Gasteiger partial charge on any atom is 0.318 e. The monoisotopic (exact) mass is 301 g/mol. The molecule has 1 aliphatic carbocycles. The zero-order chi connectivity index (χ0) is 16.1. The number of ether oxygens (including phenoxy) is 1. The van der Waals surface area contributed by atoms with E-state index in [0.29, 0.717) is 0 Å². The van der Waals surface area contributed by atoms with E-state index in [0.717, 1.165) is 0 Å². The number of hydrogen-bond donors (Lipinski definition) is 2. The molecule has 0 amide bonds. The Labute approximate surface area is 126 Å². The Kier molecular flexibility index (Phi) is 3.05. The van der Waals surface area contributed by atoms with E-state index < -0.39 is 29.0 Å². The summed E-state index contributed by atoms with van der Waals surface area (Å²) in [6.45, 7) is 4.86. The molecule has 2 N–H and O–H groups in total. The van der Waals surface area contributed by atoms with Crippen molar-refractivity contribution in [1.29, 1.82) is 0 Å². The van der Waals surface area contributed by atoms with E-state index in [1.807, 2.05) is 0 Å². The Morgan fingerprint density at radius 1 is 1.45 bits per heavy atom. The van der Waals surface area contributed by atoms with Crippen LogP contribution in [0.3, 0.4) is 0 Å². The Bertz CT molecular complexity index is 725. The molecule has 0 fully saturated rings. The summed E-state index contributed by atoms with van der Waals surface area (Å²) in [7, 11) is 0. The first-order valence-electron chi connectivity index (χ1n) is 6.81. The van der Waals surface area contributed by atoms with Gasteiger partial charge in [0.2, 0.25) is 11.5 Å². The molecule has 6 heteroatoms. The van der Waals surface area contributed by atoms with Crippen molar-refractivity contribution >= 4 is 17.5 Å². The van der Waals surface area contributed by atoms with Crippen LogP contribution >= 0.6 is 0 Å². The third kappa shape index (κ3) is 1.53. The first-order valence-corrected chi connectivity index (χ1v) is 6.81. The first-order chi connectivity index (χ1) is 10.4. The second kappa shape index (κ2) is 4.59. The van der Waals surface area contributed by atoms with Crippen molar-refractivity contribution < 1.29 is 24.5 Å². The van der Waals surface area contributed by atoms with Gasteiger partial charge < -0.3 is 14.9 Å².